The van der Waals surface area contributed by atoms with Crippen LogP contribution in [-0.4, -0.2) is 14.9 Å². The number of rotatable bonds is 10. The maximum Gasteiger partial charge on any atom is 2.00 e. The maximum absolute atomic E-state index is 6.71. The van der Waals surface area contributed by atoms with Crippen molar-refractivity contribution in [3.05, 3.63) is 65.8 Å². The minimum absolute atomic E-state index is 0. The quantitative estimate of drug-likeness (QED) is 0.406. The average Bonchev–Trinajstić information content (AvgIpc) is 3.40. The van der Waals surface area contributed by atoms with Gasteiger partial charge in [-0.25, -0.2) is 0 Å². The van der Waals surface area contributed by atoms with Gasteiger partial charge >= 0.3 is 26.2 Å². The SMILES string of the molecule is CCC(CCO[Si](CC)(CC)CC)(C1C=CC=C1)C1C=Cc2ccccc21.[Cl-].[Cl-].[Zr+2]. The van der Waals surface area contributed by atoms with Crippen molar-refractivity contribution >= 4 is 14.4 Å². The third-order valence-electron chi connectivity index (χ3n) is 7.40. The fourth-order valence-corrected chi connectivity index (χ4v) is 7.89. The molecule has 2 aliphatic carbocycles. The van der Waals surface area contributed by atoms with Crippen LogP contribution >= 0.6 is 0 Å². The zero-order chi connectivity index (χ0) is 19.3. The molecule has 0 N–H and O–H groups in total. The normalized spacial score (nSPS) is 18.9. The Kier molecular flexibility index (Phi) is 13.6. The smallest absolute Gasteiger partial charge is 1.00 e. The van der Waals surface area contributed by atoms with Crippen molar-refractivity contribution in [1.82, 2.24) is 0 Å². The molecule has 0 saturated carbocycles. The molecule has 1 nitrogen and oxygen atoms in total. The molecule has 0 saturated heterocycles. The van der Waals surface area contributed by atoms with Crippen molar-refractivity contribution in [3.8, 4) is 0 Å². The number of fused-ring (bicyclic) bond motifs is 1. The number of hydrogen-bond acceptors (Lipinski definition) is 1. The van der Waals surface area contributed by atoms with Gasteiger partial charge in [-0.3, -0.25) is 0 Å². The monoisotopic (exact) mass is 540 g/mol. The molecule has 164 valence electrons. The van der Waals surface area contributed by atoms with Crippen molar-refractivity contribution < 1.29 is 55.4 Å². The van der Waals surface area contributed by atoms with E-state index >= 15 is 0 Å². The third-order valence-corrected chi connectivity index (χ3v) is 12.1. The van der Waals surface area contributed by atoms with E-state index in [1.807, 2.05) is 0 Å². The van der Waals surface area contributed by atoms with Crippen molar-refractivity contribution in [2.45, 2.75) is 64.6 Å². The first-order valence-electron chi connectivity index (χ1n) is 10.9. The molecule has 30 heavy (non-hydrogen) atoms. The second-order valence-corrected chi connectivity index (χ2v) is 13.0. The first kappa shape index (κ1) is 30.1. The van der Waals surface area contributed by atoms with Crippen molar-refractivity contribution in [1.29, 1.82) is 0 Å². The summed E-state index contributed by atoms with van der Waals surface area (Å²) in [5.41, 5.74) is 3.09. The van der Waals surface area contributed by atoms with Crippen LogP contribution in [0.3, 0.4) is 0 Å². The second-order valence-electron chi connectivity index (χ2n) is 8.19. The van der Waals surface area contributed by atoms with E-state index in [0.29, 0.717) is 11.8 Å². The van der Waals surface area contributed by atoms with Crippen LogP contribution in [0.2, 0.25) is 18.1 Å². The van der Waals surface area contributed by atoms with E-state index in [9.17, 15) is 0 Å². The largest absolute Gasteiger partial charge is 2.00 e. The van der Waals surface area contributed by atoms with E-state index < -0.39 is 8.32 Å². The Balaban J connectivity index is 0.00000280. The summed E-state index contributed by atoms with van der Waals surface area (Å²) >= 11 is 0. The Bertz CT molecular complexity index is 709. The van der Waals surface area contributed by atoms with Gasteiger partial charge in [-0.1, -0.05) is 88.4 Å². The van der Waals surface area contributed by atoms with Crippen LogP contribution in [-0.2, 0) is 30.6 Å². The number of halogens is 2. The Morgan fingerprint density at radius 2 is 1.50 bits per heavy atom. The van der Waals surface area contributed by atoms with Gasteiger partial charge in [0.05, 0.1) is 0 Å². The fourth-order valence-electron chi connectivity index (χ4n) is 5.24. The zero-order valence-electron chi connectivity index (χ0n) is 18.8. The van der Waals surface area contributed by atoms with E-state index in [0.717, 1.165) is 19.4 Å². The molecule has 5 heteroatoms. The summed E-state index contributed by atoms with van der Waals surface area (Å²) < 4.78 is 6.71. The minimum atomic E-state index is -1.53. The summed E-state index contributed by atoms with van der Waals surface area (Å²) in [6.07, 6.45) is 16.3. The van der Waals surface area contributed by atoms with Crippen LogP contribution in [0.5, 0.6) is 0 Å². The molecule has 0 aliphatic heterocycles. The van der Waals surface area contributed by atoms with Crippen molar-refractivity contribution in [2.75, 3.05) is 6.61 Å². The first-order chi connectivity index (χ1) is 13.1. The number of hydrogen-bond donors (Lipinski definition) is 0. The first-order valence-corrected chi connectivity index (χ1v) is 13.4. The standard InChI is InChI=1S/C25H36OSi.2ClH.Zr/c1-5-25(22-14-10-11-15-22,19-20-26-27(6-2,7-3)8-4)24-18-17-21-13-9-12-16-23(21)24;;;/h9-18,22,24H,5-8,19-20H2,1-4H3;2*1H;/q;;;+2/p-2. The third kappa shape index (κ3) is 5.90. The van der Waals surface area contributed by atoms with E-state index in [-0.39, 0.29) is 56.4 Å². The van der Waals surface area contributed by atoms with Crippen LogP contribution in [0.4, 0.5) is 0 Å². The fraction of sp³-hybridized carbons (Fsp3) is 0.520. The molecule has 1 aromatic rings. The van der Waals surface area contributed by atoms with Crippen molar-refractivity contribution in [3.63, 3.8) is 0 Å². The Hall–Kier alpha value is 0.0800. The van der Waals surface area contributed by atoms with Gasteiger partial charge in [0.15, 0.2) is 8.32 Å². The van der Waals surface area contributed by atoms with Crippen molar-refractivity contribution in [2.24, 2.45) is 11.3 Å². The zero-order valence-corrected chi connectivity index (χ0v) is 23.8. The van der Waals surface area contributed by atoms with Gasteiger partial charge < -0.3 is 29.2 Å². The van der Waals surface area contributed by atoms with Crippen LogP contribution in [0, 0.1) is 11.3 Å². The van der Waals surface area contributed by atoms with Gasteiger partial charge in [0.2, 0.25) is 0 Å². The summed E-state index contributed by atoms with van der Waals surface area (Å²) in [6, 6.07) is 12.6. The number of allylic oxidation sites excluding steroid dienone is 5. The molecule has 2 unspecified atom stereocenters. The minimum Gasteiger partial charge on any atom is -1.00 e. The molecular formula is C25H36Cl2OSiZr. The predicted molar refractivity (Wildman–Crippen MR) is 120 cm³/mol. The molecule has 0 spiro atoms. The van der Waals surface area contributed by atoms with Gasteiger partial charge in [-0.2, -0.15) is 0 Å². The van der Waals surface area contributed by atoms with Crippen LogP contribution in [0.25, 0.3) is 6.08 Å². The average molecular weight is 543 g/mol. The van der Waals surface area contributed by atoms with Gasteiger partial charge in [0, 0.05) is 18.4 Å². The predicted octanol–water partition coefficient (Wildman–Crippen LogP) is 1.35. The van der Waals surface area contributed by atoms with E-state index in [1.165, 1.54) is 29.3 Å². The van der Waals surface area contributed by atoms with Gasteiger partial charge in [0.1, 0.15) is 0 Å². The van der Waals surface area contributed by atoms with E-state index in [1.54, 1.807) is 0 Å². The van der Waals surface area contributed by atoms with Gasteiger partial charge in [-0.15, -0.1) is 0 Å². The molecule has 0 amide bonds. The molecule has 2 atom stereocenters. The molecule has 3 rings (SSSR count). The summed E-state index contributed by atoms with van der Waals surface area (Å²) in [4.78, 5) is 0. The molecule has 0 bridgehead atoms. The summed E-state index contributed by atoms with van der Waals surface area (Å²) in [7, 11) is -1.53. The maximum atomic E-state index is 6.71. The molecular weight excluding hydrogens is 506 g/mol. The Morgan fingerprint density at radius 1 is 0.900 bits per heavy atom. The Labute approximate surface area is 216 Å². The topological polar surface area (TPSA) is 9.23 Å². The molecule has 2 aliphatic rings. The number of benzene rings is 1. The van der Waals surface area contributed by atoms with E-state index in [4.69, 9.17) is 4.43 Å². The molecule has 0 aromatic heterocycles. The van der Waals surface area contributed by atoms with Crippen LogP contribution in [0.15, 0.2) is 54.6 Å². The second kappa shape index (κ2) is 13.6. The summed E-state index contributed by atoms with van der Waals surface area (Å²) in [5.74, 6) is 0.966. The molecule has 1 aromatic carbocycles. The van der Waals surface area contributed by atoms with Gasteiger partial charge in [-0.05, 0) is 47.5 Å². The Morgan fingerprint density at radius 3 is 2.07 bits per heavy atom. The molecule has 0 fully saturated rings. The van der Waals surface area contributed by atoms with Crippen LogP contribution in [0.1, 0.15) is 57.6 Å². The molecule has 0 radical (unpaired) electrons. The summed E-state index contributed by atoms with van der Waals surface area (Å²) in [6.45, 7) is 10.2. The van der Waals surface area contributed by atoms with Gasteiger partial charge in [0.25, 0.3) is 0 Å². The van der Waals surface area contributed by atoms with Crippen LogP contribution < -0.4 is 24.8 Å². The van der Waals surface area contributed by atoms with E-state index in [2.05, 4.69) is 88.4 Å². The molecule has 0 heterocycles. The summed E-state index contributed by atoms with van der Waals surface area (Å²) in [5, 5.41) is 0.